The third-order valence-corrected chi connectivity index (χ3v) is 5.81. The molecule has 2 atom stereocenters. The zero-order valence-electron chi connectivity index (χ0n) is 14.3. The van der Waals surface area contributed by atoms with Crippen LogP contribution >= 0.6 is 11.3 Å². The number of benzene rings is 2. The Morgan fingerprint density at radius 3 is 2.69 bits per heavy atom. The van der Waals surface area contributed by atoms with Crippen molar-refractivity contribution in [2.75, 3.05) is 7.11 Å². The fraction of sp³-hybridized carbons (Fsp3) is 0.190. The maximum atomic E-state index is 6.32. The van der Waals surface area contributed by atoms with Gasteiger partial charge in [-0.25, -0.2) is 5.01 Å². The van der Waals surface area contributed by atoms with Crippen molar-refractivity contribution in [3.05, 3.63) is 82.0 Å². The van der Waals surface area contributed by atoms with Gasteiger partial charge in [0.2, 0.25) is 6.23 Å². The number of hydrazone groups is 1. The van der Waals surface area contributed by atoms with Crippen LogP contribution in [0.4, 0.5) is 0 Å². The van der Waals surface area contributed by atoms with Crippen LogP contribution in [0, 0.1) is 0 Å². The number of para-hydroxylation sites is 1. The van der Waals surface area contributed by atoms with Gasteiger partial charge in [0.15, 0.2) is 0 Å². The normalized spacial score (nSPS) is 20.8. The first-order valence-corrected chi connectivity index (χ1v) is 9.50. The molecule has 0 unspecified atom stereocenters. The minimum Gasteiger partial charge on any atom is -0.497 e. The maximum absolute atomic E-state index is 6.32. The molecule has 5 rings (SSSR count). The summed E-state index contributed by atoms with van der Waals surface area (Å²) in [5.41, 5.74) is 3.41. The largest absolute Gasteiger partial charge is 0.497 e. The zero-order chi connectivity index (χ0) is 17.5. The van der Waals surface area contributed by atoms with Gasteiger partial charge in [-0.1, -0.05) is 24.3 Å². The highest BCUT2D eigenvalue weighted by Gasteiger charge is 2.41. The first-order valence-electron chi connectivity index (χ1n) is 8.63. The SMILES string of the molecule is COc1ccc(C2=NN3[C@H](C2)c2ccccc2O[C@@H]3c2cccs2)cc1. The summed E-state index contributed by atoms with van der Waals surface area (Å²) < 4.78 is 11.6. The van der Waals surface area contributed by atoms with Crippen LogP contribution in [0.1, 0.15) is 34.7 Å². The smallest absolute Gasteiger partial charge is 0.222 e. The van der Waals surface area contributed by atoms with Crippen LogP contribution in [0.5, 0.6) is 11.5 Å². The van der Waals surface area contributed by atoms with E-state index < -0.39 is 0 Å². The van der Waals surface area contributed by atoms with Crippen molar-refractivity contribution in [1.29, 1.82) is 0 Å². The van der Waals surface area contributed by atoms with E-state index in [0.717, 1.165) is 29.2 Å². The van der Waals surface area contributed by atoms with Gasteiger partial charge in [0.1, 0.15) is 11.5 Å². The Morgan fingerprint density at radius 2 is 1.92 bits per heavy atom. The molecule has 2 aliphatic heterocycles. The fourth-order valence-electron chi connectivity index (χ4n) is 3.61. The van der Waals surface area contributed by atoms with E-state index >= 15 is 0 Å². The average Bonchev–Trinajstić information content (AvgIpc) is 3.37. The van der Waals surface area contributed by atoms with E-state index in [9.17, 15) is 0 Å². The molecule has 1 aromatic heterocycles. The van der Waals surface area contributed by atoms with E-state index in [1.807, 2.05) is 18.2 Å². The van der Waals surface area contributed by atoms with Crippen LogP contribution in [0.25, 0.3) is 0 Å². The molecule has 26 heavy (non-hydrogen) atoms. The number of fused-ring (bicyclic) bond motifs is 3. The average molecular weight is 362 g/mol. The highest BCUT2D eigenvalue weighted by Crippen LogP contribution is 2.48. The molecule has 0 radical (unpaired) electrons. The molecule has 0 N–H and O–H groups in total. The Labute approximate surface area is 156 Å². The molecule has 0 spiro atoms. The van der Waals surface area contributed by atoms with Crippen molar-refractivity contribution in [3.63, 3.8) is 0 Å². The lowest BCUT2D eigenvalue weighted by Gasteiger charge is -2.37. The first-order chi connectivity index (χ1) is 12.8. The lowest BCUT2D eigenvalue weighted by Crippen LogP contribution is -2.33. The summed E-state index contributed by atoms with van der Waals surface area (Å²) in [5.74, 6) is 1.81. The van der Waals surface area contributed by atoms with E-state index in [-0.39, 0.29) is 12.3 Å². The molecular weight excluding hydrogens is 344 g/mol. The van der Waals surface area contributed by atoms with Crippen molar-refractivity contribution >= 4 is 17.0 Å². The Balaban J connectivity index is 1.56. The van der Waals surface area contributed by atoms with Crippen molar-refractivity contribution < 1.29 is 9.47 Å². The summed E-state index contributed by atoms with van der Waals surface area (Å²) in [6.07, 6.45) is 0.694. The number of ether oxygens (including phenoxy) is 2. The van der Waals surface area contributed by atoms with E-state index in [1.54, 1.807) is 18.4 Å². The monoisotopic (exact) mass is 362 g/mol. The summed E-state index contributed by atoms with van der Waals surface area (Å²) in [6.45, 7) is 0. The lowest BCUT2D eigenvalue weighted by atomic mass is 9.96. The Hall–Kier alpha value is -2.79. The molecule has 3 aromatic rings. The summed E-state index contributed by atoms with van der Waals surface area (Å²) in [6, 6.07) is 20.8. The molecule has 0 aliphatic carbocycles. The van der Waals surface area contributed by atoms with Crippen LogP contribution in [0.2, 0.25) is 0 Å². The van der Waals surface area contributed by atoms with Gasteiger partial charge < -0.3 is 9.47 Å². The molecule has 0 saturated heterocycles. The van der Waals surface area contributed by atoms with Gasteiger partial charge in [0, 0.05) is 12.0 Å². The van der Waals surface area contributed by atoms with Crippen LogP contribution < -0.4 is 9.47 Å². The molecule has 4 nitrogen and oxygen atoms in total. The molecule has 0 amide bonds. The third-order valence-electron chi connectivity index (χ3n) is 4.91. The van der Waals surface area contributed by atoms with Crippen LogP contribution in [-0.4, -0.2) is 17.8 Å². The second-order valence-corrected chi connectivity index (χ2v) is 7.38. The molecule has 5 heteroatoms. The summed E-state index contributed by atoms with van der Waals surface area (Å²) in [7, 11) is 1.68. The third kappa shape index (κ3) is 2.47. The van der Waals surface area contributed by atoms with Crippen molar-refractivity contribution in [2.45, 2.75) is 18.7 Å². The van der Waals surface area contributed by atoms with Gasteiger partial charge in [0.25, 0.3) is 0 Å². The molecule has 2 aliphatic rings. The fourth-order valence-corrected chi connectivity index (χ4v) is 4.36. The Kier molecular flexibility index (Phi) is 3.68. The lowest BCUT2D eigenvalue weighted by molar-refractivity contribution is -0.0165. The van der Waals surface area contributed by atoms with E-state index in [0.29, 0.717) is 0 Å². The molecule has 3 heterocycles. The summed E-state index contributed by atoms with van der Waals surface area (Å²) >= 11 is 1.70. The van der Waals surface area contributed by atoms with Crippen LogP contribution in [0.3, 0.4) is 0 Å². The molecule has 0 fully saturated rings. The minimum atomic E-state index is -0.175. The van der Waals surface area contributed by atoms with Crippen LogP contribution in [-0.2, 0) is 0 Å². The molecular formula is C21H18N2O2S. The second-order valence-electron chi connectivity index (χ2n) is 6.40. The Bertz CT molecular complexity index is 950. The first kappa shape index (κ1) is 15.5. The number of hydrogen-bond donors (Lipinski definition) is 0. The number of methoxy groups -OCH3 is 1. The van der Waals surface area contributed by atoms with Gasteiger partial charge >= 0.3 is 0 Å². The highest BCUT2D eigenvalue weighted by atomic mass is 32.1. The van der Waals surface area contributed by atoms with Gasteiger partial charge in [-0.05, 0) is 47.3 Å². The molecule has 0 saturated carbocycles. The van der Waals surface area contributed by atoms with E-state index in [4.69, 9.17) is 14.6 Å². The van der Waals surface area contributed by atoms with E-state index in [2.05, 4.69) is 52.9 Å². The number of thiophene rings is 1. The van der Waals surface area contributed by atoms with Crippen molar-refractivity contribution in [2.24, 2.45) is 5.10 Å². The van der Waals surface area contributed by atoms with Crippen molar-refractivity contribution in [3.8, 4) is 11.5 Å². The molecule has 0 bridgehead atoms. The number of rotatable bonds is 3. The van der Waals surface area contributed by atoms with Gasteiger partial charge in [-0.15, -0.1) is 11.3 Å². The van der Waals surface area contributed by atoms with Gasteiger partial charge in [-0.2, -0.15) is 5.10 Å². The van der Waals surface area contributed by atoms with Crippen LogP contribution in [0.15, 0.2) is 71.1 Å². The summed E-state index contributed by atoms with van der Waals surface area (Å²) in [4.78, 5) is 1.17. The quantitative estimate of drug-likeness (QED) is 0.658. The molecule has 130 valence electrons. The highest BCUT2D eigenvalue weighted by molar-refractivity contribution is 7.10. The van der Waals surface area contributed by atoms with Gasteiger partial charge in [0.05, 0.1) is 23.7 Å². The zero-order valence-corrected chi connectivity index (χ0v) is 15.1. The Morgan fingerprint density at radius 1 is 1.08 bits per heavy atom. The van der Waals surface area contributed by atoms with Gasteiger partial charge in [-0.3, -0.25) is 0 Å². The molecule has 2 aromatic carbocycles. The predicted molar refractivity (Wildman–Crippen MR) is 103 cm³/mol. The maximum Gasteiger partial charge on any atom is 0.222 e. The van der Waals surface area contributed by atoms with Crippen molar-refractivity contribution in [1.82, 2.24) is 5.01 Å². The number of nitrogens with zero attached hydrogens (tertiary/aromatic N) is 2. The number of hydrogen-bond acceptors (Lipinski definition) is 5. The topological polar surface area (TPSA) is 34.1 Å². The minimum absolute atomic E-state index is 0.175. The standard InChI is InChI=1S/C21H18N2O2S/c1-24-15-10-8-14(9-11-15)17-13-18-16-5-2-3-6-19(16)25-21(23(18)22-17)20-7-4-12-26-20/h2-12,18,21H,13H2,1H3/t18-,21-/m1/s1. The summed E-state index contributed by atoms with van der Waals surface area (Å²) in [5, 5.41) is 9.16. The predicted octanol–water partition coefficient (Wildman–Crippen LogP) is 5.00. The second kappa shape index (κ2) is 6.18. The van der Waals surface area contributed by atoms with E-state index in [1.165, 1.54) is 10.4 Å².